The van der Waals surface area contributed by atoms with Gasteiger partial charge in [0, 0.05) is 121 Å². The largest absolute Gasteiger partial charge is 0 e. The Bertz CT molecular complexity index is 15.5. The molecule has 0 N–H and O–H groups in total. The zero-order valence-electron chi connectivity index (χ0n) is 2.11. The van der Waals surface area contributed by atoms with Crippen LogP contribution in [0.15, 0.2) is 0 Å². The molecule has 0 aliphatic heterocycles. The second-order valence-electron chi connectivity index (χ2n) is 0. The van der Waals surface area contributed by atoms with Gasteiger partial charge in [0.2, 0.25) is 0 Å². The predicted octanol–water partition coefficient (Wildman–Crippen LogP) is -0.393. The van der Waals surface area contributed by atoms with Crippen molar-refractivity contribution in [2.75, 3.05) is 0 Å². The van der Waals surface area contributed by atoms with Crippen LogP contribution in [-0.4, -0.2) is 17.4 Å². The topological polar surface area (TPSA) is 0 Å². The van der Waals surface area contributed by atoms with Crippen LogP contribution in [-0.2, 0) is 103 Å². The van der Waals surface area contributed by atoms with Gasteiger partial charge in [0.05, 0.1) is 0 Å². The van der Waals surface area contributed by atoms with Crippen molar-refractivity contribution in [3.63, 3.8) is 0 Å². The quantitative estimate of drug-likeness (QED) is 0.303. The van der Waals surface area contributed by atoms with Crippen LogP contribution in [0.1, 0.15) is 0 Å². The van der Waals surface area contributed by atoms with E-state index in [1.807, 2.05) is 0 Å². The molecule has 0 atom stereocenters. The normalized spacial score (nSPS) is 0. The average molecular weight is 697 g/mol. The van der Waals surface area contributed by atoms with E-state index < -0.39 is 0 Å². The van der Waals surface area contributed by atoms with Crippen LogP contribution >= 0.6 is 0 Å². The molecule has 0 rings (SSSR count). The second kappa shape index (κ2) is 36.6. The molecule has 0 nitrogen and oxygen atoms in total. The summed E-state index contributed by atoms with van der Waals surface area (Å²) in [5, 5.41) is 0. The summed E-state index contributed by atoms with van der Waals surface area (Å²) in [6.45, 7) is 0. The van der Waals surface area contributed by atoms with E-state index in [1.54, 1.807) is 0 Å². The van der Waals surface area contributed by atoms with Crippen molar-refractivity contribution in [2.24, 2.45) is 0 Å². The molecule has 0 amide bonds. The minimum absolute atomic E-state index is 0. The molecule has 6 heteroatoms. The zero-order valence-corrected chi connectivity index (χ0v) is 11.7. The van der Waals surface area contributed by atoms with Gasteiger partial charge in [0.15, 0.2) is 0 Å². The van der Waals surface area contributed by atoms with E-state index >= 15 is 0 Å². The molecular weight excluding hydrogens is 697 g/mol. The van der Waals surface area contributed by atoms with Gasteiger partial charge in [-0.1, -0.05) is 0 Å². The molecule has 0 unspecified atom stereocenters. The van der Waals surface area contributed by atoms with Crippen LogP contribution in [0.2, 0.25) is 0 Å². The number of hydrogen-bond donors (Lipinski definition) is 0. The van der Waals surface area contributed by atoms with E-state index in [-0.39, 0.29) is 121 Å². The fourth-order valence-electron chi connectivity index (χ4n) is 0. The summed E-state index contributed by atoms with van der Waals surface area (Å²) in [6.07, 6.45) is 0. The molecule has 0 saturated heterocycles. The maximum atomic E-state index is 0. The minimum atomic E-state index is 0. The van der Waals surface area contributed by atoms with E-state index in [0.29, 0.717) is 0 Å². The van der Waals surface area contributed by atoms with Crippen molar-refractivity contribution in [3.8, 4) is 0 Å². The fourth-order valence-corrected chi connectivity index (χ4v) is 0. The first-order valence-electron chi connectivity index (χ1n) is 0. The Morgan fingerprint density at radius 2 is 1.00 bits per heavy atom. The summed E-state index contributed by atoms with van der Waals surface area (Å²) < 4.78 is 0. The van der Waals surface area contributed by atoms with Gasteiger partial charge in [-0.25, -0.2) is 0 Å². The van der Waals surface area contributed by atoms with E-state index in [9.17, 15) is 0 Å². The first-order valence-corrected chi connectivity index (χ1v) is 0. The summed E-state index contributed by atoms with van der Waals surface area (Å²) >= 11 is 0. The molecule has 0 saturated carbocycles. The van der Waals surface area contributed by atoms with Gasteiger partial charge in [-0.05, 0) is 0 Å². The third kappa shape index (κ3) is 24.8. The Morgan fingerprint density at radius 1 is 1.00 bits per heavy atom. The van der Waals surface area contributed by atoms with E-state index in [2.05, 4.69) is 0 Å². The second-order valence-corrected chi connectivity index (χ2v) is 0. The standard InChI is InChI=1S/Ag.Al.Au.Cu.Pd.Pt. The molecule has 0 aliphatic rings. The molecular formula is AgAlAuCuPdPt. The molecule has 0 aromatic rings. The van der Waals surface area contributed by atoms with Crippen molar-refractivity contribution < 1.29 is 103 Å². The van der Waals surface area contributed by atoms with E-state index in [1.165, 1.54) is 0 Å². The molecule has 0 heterocycles. The van der Waals surface area contributed by atoms with Crippen molar-refractivity contribution in [2.45, 2.75) is 0 Å². The van der Waals surface area contributed by atoms with E-state index in [4.69, 9.17) is 0 Å². The third-order valence-electron chi connectivity index (χ3n) is 0. The summed E-state index contributed by atoms with van der Waals surface area (Å²) in [4.78, 5) is 0. The Kier molecular flexibility index (Phi) is 316. The van der Waals surface area contributed by atoms with E-state index in [0.717, 1.165) is 0 Å². The van der Waals surface area contributed by atoms with Crippen LogP contribution in [0.4, 0.5) is 0 Å². The Labute approximate surface area is 118 Å². The van der Waals surface area contributed by atoms with Crippen molar-refractivity contribution in [1.29, 1.82) is 0 Å². The van der Waals surface area contributed by atoms with Crippen LogP contribution in [0.5, 0.6) is 0 Å². The summed E-state index contributed by atoms with van der Waals surface area (Å²) in [5.74, 6) is 0. The molecule has 56 valence electrons. The van der Waals surface area contributed by atoms with Crippen molar-refractivity contribution >= 4 is 17.4 Å². The monoisotopic (exact) mass is 695 g/mol. The smallest absolute Gasteiger partial charge is 0 e. The average Bonchev–Trinajstić information content (AvgIpc) is 0. The first kappa shape index (κ1) is 51.7. The van der Waals surface area contributed by atoms with Gasteiger partial charge in [-0.15, -0.1) is 0 Å². The summed E-state index contributed by atoms with van der Waals surface area (Å²) in [6, 6.07) is 0. The summed E-state index contributed by atoms with van der Waals surface area (Å²) in [7, 11) is 0. The molecule has 0 aromatic carbocycles. The van der Waals surface area contributed by atoms with Crippen LogP contribution < -0.4 is 0 Å². The summed E-state index contributed by atoms with van der Waals surface area (Å²) in [5.41, 5.74) is 0. The van der Waals surface area contributed by atoms with Crippen molar-refractivity contribution in [1.82, 2.24) is 0 Å². The predicted molar refractivity (Wildman–Crippen MR) is 5.75 cm³/mol. The van der Waals surface area contributed by atoms with Crippen LogP contribution in [0, 0.1) is 0 Å². The molecule has 0 aliphatic carbocycles. The fraction of sp³-hybridized carbons (Fsp3) is 0. The van der Waals surface area contributed by atoms with Gasteiger partial charge in [0.25, 0.3) is 0 Å². The third-order valence-corrected chi connectivity index (χ3v) is 0. The van der Waals surface area contributed by atoms with Crippen molar-refractivity contribution in [3.05, 3.63) is 0 Å². The SMILES string of the molecule is [Ag].[Al].[Au].[Cu].[Pd].[Pt]. The minimum Gasteiger partial charge on any atom is 0 e. The molecule has 6 radical (unpaired) electrons. The Hall–Kier alpha value is 3.88. The first-order chi connectivity index (χ1) is 0. The maximum Gasteiger partial charge on any atom is 0 e. The van der Waals surface area contributed by atoms with Gasteiger partial charge in [-0.2, -0.15) is 0 Å². The van der Waals surface area contributed by atoms with Crippen LogP contribution in [0.3, 0.4) is 0 Å². The maximum absolute atomic E-state index is 0. The zero-order chi connectivity index (χ0) is 0. The number of rotatable bonds is 0. The molecule has 0 fully saturated rings. The number of hydrogen-bond acceptors (Lipinski definition) is 0. The van der Waals surface area contributed by atoms with Gasteiger partial charge >= 0.3 is 0 Å². The van der Waals surface area contributed by atoms with Gasteiger partial charge in [-0.3, -0.25) is 0 Å². The van der Waals surface area contributed by atoms with Gasteiger partial charge < -0.3 is 0 Å². The Balaban J connectivity index is 0. The molecule has 0 aromatic heterocycles. The molecule has 6 heavy (non-hydrogen) atoms. The van der Waals surface area contributed by atoms with Gasteiger partial charge in [0.1, 0.15) is 0 Å². The molecule has 0 spiro atoms. The Morgan fingerprint density at radius 3 is 1.00 bits per heavy atom. The van der Waals surface area contributed by atoms with Crippen LogP contribution in [0.25, 0.3) is 0 Å². The molecule has 0 bridgehead atoms.